The summed E-state index contributed by atoms with van der Waals surface area (Å²) in [6, 6.07) is 3.66. The molecule has 1 aliphatic rings. The summed E-state index contributed by atoms with van der Waals surface area (Å²) >= 11 is 0. The van der Waals surface area contributed by atoms with E-state index >= 15 is 0 Å². The molecule has 6 nitrogen and oxygen atoms in total. The Labute approximate surface area is 79.3 Å². The van der Waals surface area contributed by atoms with Crippen molar-refractivity contribution in [2.75, 3.05) is 6.54 Å². The van der Waals surface area contributed by atoms with Crippen molar-refractivity contribution in [2.45, 2.75) is 0 Å². The van der Waals surface area contributed by atoms with Gasteiger partial charge in [0, 0.05) is 6.21 Å². The van der Waals surface area contributed by atoms with Crippen LogP contribution in [0.2, 0.25) is 0 Å². The number of aromatic amines is 1. The first-order chi connectivity index (χ1) is 6.85. The molecule has 0 spiro atoms. The molecule has 66 valence electrons. The molecule has 14 heavy (non-hydrogen) atoms. The third-order valence-corrected chi connectivity index (χ3v) is 1.67. The number of aliphatic imine (C=N–C) groups is 2. The maximum atomic E-state index is 8.66. The summed E-state index contributed by atoms with van der Waals surface area (Å²) in [7, 11) is 0. The minimum Gasteiger partial charge on any atom is -0.326 e. The van der Waals surface area contributed by atoms with Gasteiger partial charge in [-0.05, 0) is 0 Å². The summed E-state index contributed by atoms with van der Waals surface area (Å²) in [6.45, 7) is 0.514. The van der Waals surface area contributed by atoms with Gasteiger partial charge in [-0.15, -0.1) is 0 Å². The molecule has 0 unspecified atom stereocenters. The molecule has 1 aromatic rings. The van der Waals surface area contributed by atoms with E-state index in [2.05, 4.69) is 20.0 Å². The predicted molar refractivity (Wildman–Crippen MR) is 47.9 cm³/mol. The molecule has 0 aliphatic carbocycles. The molecule has 0 amide bonds. The molecule has 1 N–H and O–H groups in total. The summed E-state index contributed by atoms with van der Waals surface area (Å²) in [4.78, 5) is 14.5. The first kappa shape index (κ1) is 8.14. The van der Waals surface area contributed by atoms with E-state index in [1.54, 1.807) is 6.21 Å². The van der Waals surface area contributed by atoms with Gasteiger partial charge in [0.1, 0.15) is 12.1 Å². The van der Waals surface area contributed by atoms with Gasteiger partial charge < -0.3 is 4.98 Å². The van der Waals surface area contributed by atoms with Crippen LogP contribution in [0.5, 0.6) is 0 Å². The number of nitriles is 2. The largest absolute Gasteiger partial charge is 0.326 e. The van der Waals surface area contributed by atoms with Crippen molar-refractivity contribution in [3.8, 4) is 12.1 Å². The van der Waals surface area contributed by atoms with Crippen LogP contribution in [-0.4, -0.2) is 28.6 Å². The lowest BCUT2D eigenvalue weighted by Crippen LogP contribution is -1.96. The van der Waals surface area contributed by atoms with Gasteiger partial charge in [0.05, 0.1) is 6.54 Å². The minimum atomic E-state index is 0.0762. The second-order valence-electron chi connectivity index (χ2n) is 2.51. The van der Waals surface area contributed by atoms with Crippen LogP contribution in [0, 0.1) is 22.7 Å². The highest BCUT2D eigenvalue weighted by atomic mass is 15.1. The standard InChI is InChI=1S/C8H4N6/c9-3-5-6(4-10)14-8(13-5)7-11-1-2-12-7/h1H,2H2,(H,13,14). The highest BCUT2D eigenvalue weighted by Gasteiger charge is 2.14. The molecule has 0 aromatic carbocycles. The summed E-state index contributed by atoms with van der Waals surface area (Å²) in [5.41, 5.74) is 0.222. The monoisotopic (exact) mass is 184 g/mol. The van der Waals surface area contributed by atoms with Crippen LogP contribution >= 0.6 is 0 Å². The molecule has 1 aliphatic heterocycles. The van der Waals surface area contributed by atoms with E-state index in [0.29, 0.717) is 18.2 Å². The zero-order chi connectivity index (χ0) is 9.97. The Morgan fingerprint density at radius 3 is 2.71 bits per heavy atom. The average molecular weight is 184 g/mol. The molecule has 0 fully saturated rings. The zero-order valence-electron chi connectivity index (χ0n) is 7.02. The van der Waals surface area contributed by atoms with Gasteiger partial charge in [0.2, 0.25) is 0 Å². The summed E-state index contributed by atoms with van der Waals surface area (Å²) in [6.07, 6.45) is 1.63. The van der Waals surface area contributed by atoms with E-state index in [1.165, 1.54) is 0 Å². The van der Waals surface area contributed by atoms with Gasteiger partial charge in [-0.25, -0.2) is 9.98 Å². The van der Waals surface area contributed by atoms with E-state index in [4.69, 9.17) is 10.5 Å². The van der Waals surface area contributed by atoms with E-state index in [1.807, 2.05) is 12.1 Å². The van der Waals surface area contributed by atoms with Gasteiger partial charge in [-0.2, -0.15) is 10.5 Å². The predicted octanol–water partition coefficient (Wildman–Crippen LogP) is -0.0159. The molecule has 2 heterocycles. The quantitative estimate of drug-likeness (QED) is 0.663. The molecule has 1 aromatic heterocycles. The Bertz CT molecular complexity index is 475. The van der Waals surface area contributed by atoms with Crippen LogP contribution < -0.4 is 0 Å². The molecule has 2 rings (SSSR count). The van der Waals surface area contributed by atoms with Gasteiger partial charge in [-0.3, -0.25) is 4.99 Å². The molecular formula is C8H4N6. The highest BCUT2D eigenvalue weighted by Crippen LogP contribution is 2.06. The Kier molecular flexibility index (Phi) is 1.81. The zero-order valence-corrected chi connectivity index (χ0v) is 7.02. The molecular weight excluding hydrogens is 180 g/mol. The fourth-order valence-electron chi connectivity index (χ4n) is 1.07. The first-order valence-corrected chi connectivity index (χ1v) is 3.82. The number of aromatic nitrogens is 2. The molecule has 6 heteroatoms. The van der Waals surface area contributed by atoms with Crippen molar-refractivity contribution in [3.05, 3.63) is 17.2 Å². The van der Waals surface area contributed by atoms with Crippen molar-refractivity contribution in [3.63, 3.8) is 0 Å². The highest BCUT2D eigenvalue weighted by molar-refractivity contribution is 6.04. The van der Waals surface area contributed by atoms with E-state index in [-0.39, 0.29) is 11.4 Å². The lowest BCUT2D eigenvalue weighted by molar-refractivity contribution is 1.21. The maximum Gasteiger partial charge on any atom is 0.191 e. The lowest BCUT2D eigenvalue weighted by atomic mass is 10.4. The van der Waals surface area contributed by atoms with Crippen LogP contribution in [0.3, 0.4) is 0 Å². The molecule has 0 saturated carbocycles. The average Bonchev–Trinajstić information content (AvgIpc) is 2.85. The van der Waals surface area contributed by atoms with Crippen LogP contribution in [0.1, 0.15) is 17.2 Å². The Hall–Kier alpha value is -2.47. The van der Waals surface area contributed by atoms with E-state index in [9.17, 15) is 0 Å². The van der Waals surface area contributed by atoms with Gasteiger partial charge in [0.25, 0.3) is 0 Å². The normalized spacial score (nSPS) is 13.4. The third kappa shape index (κ3) is 1.15. The van der Waals surface area contributed by atoms with Crippen molar-refractivity contribution >= 4 is 12.1 Å². The number of amidine groups is 1. The fraction of sp³-hybridized carbons (Fsp3) is 0.125. The molecule has 0 saturated heterocycles. The molecule has 0 atom stereocenters. The second-order valence-corrected chi connectivity index (χ2v) is 2.51. The summed E-state index contributed by atoms with van der Waals surface area (Å²) in [5, 5.41) is 17.3. The number of nitrogens with zero attached hydrogens (tertiary/aromatic N) is 5. The van der Waals surface area contributed by atoms with Crippen LogP contribution in [0.25, 0.3) is 0 Å². The summed E-state index contributed by atoms with van der Waals surface area (Å²) < 4.78 is 0. The minimum absolute atomic E-state index is 0.0762. The molecule has 0 bridgehead atoms. The first-order valence-electron chi connectivity index (χ1n) is 3.82. The van der Waals surface area contributed by atoms with Gasteiger partial charge in [-0.1, -0.05) is 0 Å². The van der Waals surface area contributed by atoms with Crippen LogP contribution in [-0.2, 0) is 0 Å². The maximum absolute atomic E-state index is 8.66. The van der Waals surface area contributed by atoms with Crippen LogP contribution in [0.4, 0.5) is 0 Å². The number of rotatable bonds is 1. The Balaban J connectivity index is 2.48. The number of H-pyrrole nitrogens is 1. The number of hydrogen-bond donors (Lipinski definition) is 1. The summed E-state index contributed by atoms with van der Waals surface area (Å²) in [5.74, 6) is 0.801. The number of imidazole rings is 1. The topological polar surface area (TPSA) is 101 Å². The fourth-order valence-corrected chi connectivity index (χ4v) is 1.07. The van der Waals surface area contributed by atoms with Gasteiger partial charge >= 0.3 is 0 Å². The smallest absolute Gasteiger partial charge is 0.191 e. The SMILES string of the molecule is N#Cc1nc(C2=NCC=N2)[nH]c1C#N. The number of nitrogens with one attached hydrogen (secondary N) is 1. The number of hydrogen-bond acceptors (Lipinski definition) is 5. The Morgan fingerprint density at radius 2 is 2.21 bits per heavy atom. The van der Waals surface area contributed by atoms with Crippen molar-refractivity contribution in [1.29, 1.82) is 10.5 Å². The second kappa shape index (κ2) is 3.11. The van der Waals surface area contributed by atoms with E-state index in [0.717, 1.165) is 0 Å². The third-order valence-electron chi connectivity index (χ3n) is 1.67. The van der Waals surface area contributed by atoms with E-state index < -0.39 is 0 Å². The van der Waals surface area contributed by atoms with Crippen LogP contribution in [0.15, 0.2) is 9.98 Å². The van der Waals surface area contributed by atoms with Crippen molar-refractivity contribution in [1.82, 2.24) is 9.97 Å². The van der Waals surface area contributed by atoms with Crippen molar-refractivity contribution < 1.29 is 0 Å². The Morgan fingerprint density at radius 1 is 1.36 bits per heavy atom. The van der Waals surface area contributed by atoms with Gasteiger partial charge in [0.15, 0.2) is 23.0 Å². The lowest BCUT2D eigenvalue weighted by Gasteiger charge is -1.87. The molecule has 0 radical (unpaired) electrons. The van der Waals surface area contributed by atoms with Crippen molar-refractivity contribution in [2.24, 2.45) is 9.98 Å².